The van der Waals surface area contributed by atoms with Crippen LogP contribution >= 0.6 is 0 Å². The van der Waals surface area contributed by atoms with Crippen LogP contribution < -0.4 is 11.1 Å². The minimum atomic E-state index is -0.781. The molecular formula is C21H28N4O4. The third-order valence-corrected chi connectivity index (χ3v) is 6.73. The van der Waals surface area contributed by atoms with Gasteiger partial charge in [0.25, 0.3) is 5.91 Å². The van der Waals surface area contributed by atoms with Gasteiger partial charge in [0.1, 0.15) is 6.04 Å². The fourth-order valence-electron chi connectivity index (χ4n) is 4.41. The lowest BCUT2D eigenvalue weighted by Crippen LogP contribution is -2.69. The van der Waals surface area contributed by atoms with Crippen molar-refractivity contribution in [2.24, 2.45) is 11.1 Å². The number of nitrogens with zero attached hydrogens (tertiary/aromatic N) is 2. The van der Waals surface area contributed by atoms with Gasteiger partial charge in [-0.1, -0.05) is 26.0 Å². The summed E-state index contributed by atoms with van der Waals surface area (Å²) < 4.78 is 0. The van der Waals surface area contributed by atoms with Crippen LogP contribution in [0.4, 0.5) is 0 Å². The molecule has 3 aliphatic heterocycles. The van der Waals surface area contributed by atoms with Crippen molar-refractivity contribution in [1.82, 2.24) is 15.1 Å². The van der Waals surface area contributed by atoms with Crippen molar-refractivity contribution >= 4 is 17.7 Å². The van der Waals surface area contributed by atoms with Crippen molar-refractivity contribution < 1.29 is 19.5 Å². The molecule has 0 bridgehead atoms. The molecule has 2 saturated heterocycles. The third kappa shape index (κ3) is 3.35. The van der Waals surface area contributed by atoms with Crippen molar-refractivity contribution in [2.75, 3.05) is 19.6 Å². The summed E-state index contributed by atoms with van der Waals surface area (Å²) in [4.78, 5) is 40.0. The third-order valence-electron chi connectivity index (χ3n) is 6.73. The van der Waals surface area contributed by atoms with Crippen LogP contribution in [0.25, 0.3) is 0 Å². The zero-order valence-electron chi connectivity index (χ0n) is 16.9. The second kappa shape index (κ2) is 6.90. The van der Waals surface area contributed by atoms with E-state index in [-0.39, 0.29) is 23.7 Å². The molecule has 0 saturated carbocycles. The lowest BCUT2D eigenvalue weighted by molar-refractivity contribution is -0.168. The zero-order valence-corrected chi connectivity index (χ0v) is 16.9. The normalized spacial score (nSPS) is 24.3. The van der Waals surface area contributed by atoms with Crippen LogP contribution in [0.1, 0.15) is 48.2 Å². The molecule has 3 heterocycles. The Balaban J connectivity index is 1.42. The molecule has 0 radical (unpaired) electrons. The van der Waals surface area contributed by atoms with Gasteiger partial charge in [-0.3, -0.25) is 24.6 Å². The summed E-state index contributed by atoms with van der Waals surface area (Å²) in [5, 5.41) is 13.1. The fraction of sp³-hybridized carbons (Fsp3) is 0.571. The molecule has 1 atom stereocenters. The highest BCUT2D eigenvalue weighted by molar-refractivity contribution is 6.05. The van der Waals surface area contributed by atoms with Crippen LogP contribution in [0.2, 0.25) is 0 Å². The number of aliphatic hydroxyl groups is 1. The molecule has 0 spiro atoms. The van der Waals surface area contributed by atoms with Crippen molar-refractivity contribution in [2.45, 2.75) is 51.4 Å². The highest BCUT2D eigenvalue weighted by Crippen LogP contribution is 2.38. The van der Waals surface area contributed by atoms with Gasteiger partial charge in [0.05, 0.1) is 5.60 Å². The summed E-state index contributed by atoms with van der Waals surface area (Å²) >= 11 is 0. The molecule has 8 heteroatoms. The van der Waals surface area contributed by atoms with E-state index in [1.165, 1.54) is 0 Å². The van der Waals surface area contributed by atoms with Gasteiger partial charge in [-0.25, -0.2) is 0 Å². The molecule has 1 aromatic carbocycles. The number of nitrogens with two attached hydrogens (primary N) is 1. The van der Waals surface area contributed by atoms with E-state index in [2.05, 4.69) is 10.2 Å². The summed E-state index contributed by atoms with van der Waals surface area (Å²) in [5.41, 5.74) is 7.26. The number of carbonyl (C=O) groups is 3. The molecule has 3 amide bonds. The second-order valence-corrected chi connectivity index (χ2v) is 9.16. The number of benzene rings is 1. The lowest BCUT2D eigenvalue weighted by Gasteiger charge is -2.54. The number of hydrogen-bond donors (Lipinski definition) is 3. The first-order valence-corrected chi connectivity index (χ1v) is 10.0. The van der Waals surface area contributed by atoms with E-state index in [0.29, 0.717) is 44.7 Å². The van der Waals surface area contributed by atoms with E-state index in [0.717, 1.165) is 11.1 Å². The molecule has 29 heavy (non-hydrogen) atoms. The average Bonchev–Trinajstić information content (AvgIpc) is 2.96. The standard InChI is InChI=1S/C21H28N4O4/c1-20(2,10-22)21(29)11-24(12-21)8-13-3-4-15-14(7-13)9-25(19(15)28)16-5-6-17(26)23-18(16)27/h3-4,7,16,29H,5-6,8-12,22H2,1-2H3,(H,23,26,27). The molecule has 8 nitrogen and oxygen atoms in total. The maximum absolute atomic E-state index is 12.8. The van der Waals surface area contributed by atoms with Crippen molar-refractivity contribution in [3.8, 4) is 0 Å². The van der Waals surface area contributed by atoms with Gasteiger partial charge in [-0.05, 0) is 23.6 Å². The first kappa shape index (κ1) is 20.0. The highest BCUT2D eigenvalue weighted by Gasteiger charge is 2.51. The monoisotopic (exact) mass is 400 g/mol. The molecule has 2 fully saturated rings. The first-order chi connectivity index (χ1) is 13.6. The smallest absolute Gasteiger partial charge is 0.255 e. The molecular weight excluding hydrogens is 372 g/mol. The second-order valence-electron chi connectivity index (χ2n) is 9.16. The SMILES string of the molecule is CC(C)(CN)C1(O)CN(Cc2ccc3c(c2)CN(C2CCC(=O)NC2=O)C3=O)C1. The lowest BCUT2D eigenvalue weighted by atomic mass is 9.70. The van der Waals surface area contributed by atoms with Gasteiger partial charge in [0.15, 0.2) is 0 Å². The van der Waals surface area contributed by atoms with Gasteiger partial charge in [-0.2, -0.15) is 0 Å². The Labute approximate surface area is 170 Å². The molecule has 4 rings (SSSR count). The fourth-order valence-corrected chi connectivity index (χ4v) is 4.41. The number of fused-ring (bicyclic) bond motifs is 1. The van der Waals surface area contributed by atoms with Gasteiger partial charge in [0.2, 0.25) is 11.8 Å². The quantitative estimate of drug-likeness (QED) is 0.598. The molecule has 4 N–H and O–H groups in total. The number of hydrogen-bond acceptors (Lipinski definition) is 6. The van der Waals surface area contributed by atoms with Gasteiger partial charge in [-0.15, -0.1) is 0 Å². The molecule has 0 aromatic heterocycles. The van der Waals surface area contributed by atoms with E-state index in [9.17, 15) is 19.5 Å². The largest absolute Gasteiger partial charge is 0.387 e. The molecule has 3 aliphatic rings. The number of piperidine rings is 1. The van der Waals surface area contributed by atoms with Gasteiger partial charge >= 0.3 is 0 Å². The molecule has 0 aliphatic carbocycles. The number of amides is 3. The Morgan fingerprint density at radius 3 is 2.66 bits per heavy atom. The Morgan fingerprint density at radius 1 is 1.28 bits per heavy atom. The van der Waals surface area contributed by atoms with Crippen molar-refractivity contribution in [1.29, 1.82) is 0 Å². The minimum absolute atomic E-state index is 0.163. The topological polar surface area (TPSA) is 116 Å². The maximum atomic E-state index is 12.8. The van der Waals surface area contributed by atoms with Crippen LogP contribution in [0.3, 0.4) is 0 Å². The number of likely N-dealkylation sites (tertiary alicyclic amines) is 1. The average molecular weight is 400 g/mol. The maximum Gasteiger partial charge on any atom is 0.255 e. The predicted molar refractivity (Wildman–Crippen MR) is 106 cm³/mol. The Morgan fingerprint density at radius 2 is 2.00 bits per heavy atom. The zero-order chi connectivity index (χ0) is 21.0. The van der Waals surface area contributed by atoms with Crippen molar-refractivity contribution in [3.05, 3.63) is 34.9 Å². The first-order valence-electron chi connectivity index (χ1n) is 10.0. The Bertz CT molecular complexity index is 875. The van der Waals surface area contributed by atoms with E-state index in [4.69, 9.17) is 5.73 Å². The van der Waals surface area contributed by atoms with Gasteiger partial charge in [0, 0.05) is 50.1 Å². The van der Waals surface area contributed by atoms with Crippen LogP contribution in [0, 0.1) is 5.41 Å². The molecule has 156 valence electrons. The number of β-amino-alcohol motifs (C(OH)–C–C–N with tert-alkyl or cyclic N) is 1. The highest BCUT2D eigenvalue weighted by atomic mass is 16.3. The van der Waals surface area contributed by atoms with Crippen LogP contribution in [0.15, 0.2) is 18.2 Å². The van der Waals surface area contributed by atoms with Crippen LogP contribution in [-0.2, 0) is 22.7 Å². The Hall–Kier alpha value is -2.29. The molecule has 1 aromatic rings. The molecule has 1 unspecified atom stereocenters. The summed E-state index contributed by atoms with van der Waals surface area (Å²) in [7, 11) is 0. The van der Waals surface area contributed by atoms with E-state index >= 15 is 0 Å². The van der Waals surface area contributed by atoms with Gasteiger partial charge < -0.3 is 15.7 Å². The predicted octanol–water partition coefficient (Wildman–Crippen LogP) is -0.0208. The number of carbonyl (C=O) groups excluding carboxylic acids is 3. The summed E-state index contributed by atoms with van der Waals surface area (Å²) in [6.45, 7) is 6.57. The van der Waals surface area contributed by atoms with E-state index in [1.54, 1.807) is 4.90 Å². The summed E-state index contributed by atoms with van der Waals surface area (Å²) in [6, 6.07) is 5.15. The summed E-state index contributed by atoms with van der Waals surface area (Å²) in [5.74, 6) is -0.848. The van der Waals surface area contributed by atoms with E-state index < -0.39 is 17.6 Å². The van der Waals surface area contributed by atoms with Crippen LogP contribution in [0.5, 0.6) is 0 Å². The number of rotatable bonds is 5. The number of nitrogens with one attached hydrogen (secondary N) is 1. The number of imide groups is 1. The minimum Gasteiger partial charge on any atom is -0.387 e. The van der Waals surface area contributed by atoms with E-state index in [1.807, 2.05) is 32.0 Å². The van der Waals surface area contributed by atoms with Crippen molar-refractivity contribution in [3.63, 3.8) is 0 Å². The summed E-state index contributed by atoms with van der Waals surface area (Å²) in [6.07, 6.45) is 0.610. The van der Waals surface area contributed by atoms with Crippen LogP contribution in [-0.4, -0.2) is 63.9 Å². The Kier molecular flexibility index (Phi) is 4.76.